The molecule has 0 spiro atoms. The van der Waals surface area contributed by atoms with Crippen LogP contribution in [-0.2, 0) is 0 Å². The van der Waals surface area contributed by atoms with Gasteiger partial charge in [-0.25, -0.2) is 4.99 Å². The molecule has 0 saturated carbocycles. The lowest BCUT2D eigenvalue weighted by molar-refractivity contribution is 0.340. The molecule has 1 heterocycles. The second-order valence-electron chi connectivity index (χ2n) is 6.09. The largest absolute Gasteiger partial charge is 0.494 e. The highest BCUT2D eigenvalue weighted by Gasteiger charge is 2.06. The summed E-state index contributed by atoms with van der Waals surface area (Å²) < 4.78 is 16.1. The third-order valence-electron chi connectivity index (χ3n) is 4.09. The number of rotatable bonds is 8. The van der Waals surface area contributed by atoms with Gasteiger partial charge in [-0.3, -0.25) is 10.4 Å². The maximum absolute atomic E-state index is 5.48. The van der Waals surface area contributed by atoms with E-state index in [9.17, 15) is 0 Å². The average molecular weight is 404 g/mol. The van der Waals surface area contributed by atoms with E-state index in [1.165, 1.54) is 0 Å². The lowest BCUT2D eigenvalue weighted by Gasteiger charge is -2.08. The number of methoxy groups -OCH3 is 2. The molecular formula is C23H24N4O3. The van der Waals surface area contributed by atoms with Gasteiger partial charge in [0.2, 0.25) is 0 Å². The molecule has 0 aliphatic heterocycles. The maximum Gasteiger partial charge on any atom is 0.172 e. The molecule has 7 heteroatoms. The zero-order valence-electron chi connectivity index (χ0n) is 17.2. The summed E-state index contributed by atoms with van der Waals surface area (Å²) >= 11 is 0. The van der Waals surface area contributed by atoms with Crippen LogP contribution in [0.1, 0.15) is 18.2 Å². The molecule has 3 rings (SSSR count). The Hall–Kier alpha value is -3.87. The highest BCUT2D eigenvalue weighted by Crippen LogP contribution is 2.26. The maximum atomic E-state index is 5.48. The fourth-order valence-corrected chi connectivity index (χ4v) is 2.66. The molecule has 0 aliphatic carbocycles. The monoisotopic (exact) mass is 404 g/mol. The SMILES string of the molecule is CCOc1ccc(N=C(NN=Cc2ccc(OC)c(OC)c2)c2ccccn2)cc1. The fourth-order valence-electron chi connectivity index (χ4n) is 2.66. The smallest absolute Gasteiger partial charge is 0.172 e. The van der Waals surface area contributed by atoms with Gasteiger partial charge in [0.1, 0.15) is 11.4 Å². The van der Waals surface area contributed by atoms with Gasteiger partial charge < -0.3 is 14.2 Å². The van der Waals surface area contributed by atoms with Crippen molar-refractivity contribution in [3.63, 3.8) is 0 Å². The molecule has 0 radical (unpaired) electrons. The summed E-state index contributed by atoms with van der Waals surface area (Å²) in [5.41, 5.74) is 5.28. The van der Waals surface area contributed by atoms with Crippen LogP contribution in [0.2, 0.25) is 0 Å². The van der Waals surface area contributed by atoms with Gasteiger partial charge in [0.15, 0.2) is 17.3 Å². The van der Waals surface area contributed by atoms with Crippen LogP contribution in [0.5, 0.6) is 17.2 Å². The minimum absolute atomic E-state index is 0.525. The molecule has 1 N–H and O–H groups in total. The van der Waals surface area contributed by atoms with Gasteiger partial charge >= 0.3 is 0 Å². The number of aromatic nitrogens is 1. The highest BCUT2D eigenvalue weighted by atomic mass is 16.5. The molecular weight excluding hydrogens is 380 g/mol. The van der Waals surface area contributed by atoms with E-state index >= 15 is 0 Å². The lowest BCUT2D eigenvalue weighted by Crippen LogP contribution is -2.20. The van der Waals surface area contributed by atoms with Crippen LogP contribution in [0.25, 0.3) is 0 Å². The quantitative estimate of drug-likeness (QED) is 0.346. The van der Waals surface area contributed by atoms with Gasteiger partial charge in [-0.15, -0.1) is 0 Å². The molecule has 0 aliphatic rings. The van der Waals surface area contributed by atoms with Crippen LogP contribution in [0.3, 0.4) is 0 Å². The molecule has 0 saturated heterocycles. The lowest BCUT2D eigenvalue weighted by atomic mass is 10.2. The van der Waals surface area contributed by atoms with Crippen LogP contribution in [-0.4, -0.2) is 37.9 Å². The van der Waals surface area contributed by atoms with Crippen molar-refractivity contribution in [3.8, 4) is 17.2 Å². The average Bonchev–Trinajstić information content (AvgIpc) is 2.80. The Bertz CT molecular complexity index is 1000. The summed E-state index contributed by atoms with van der Waals surface area (Å²) in [6.07, 6.45) is 3.39. The number of ether oxygens (including phenoxy) is 3. The Balaban J connectivity index is 1.82. The third kappa shape index (κ3) is 5.57. The molecule has 0 amide bonds. The predicted molar refractivity (Wildman–Crippen MR) is 118 cm³/mol. The van der Waals surface area contributed by atoms with Gasteiger partial charge in [-0.1, -0.05) is 6.07 Å². The molecule has 0 atom stereocenters. The molecule has 0 fully saturated rings. The Morgan fingerprint density at radius 3 is 2.47 bits per heavy atom. The van der Waals surface area contributed by atoms with Crippen LogP contribution < -0.4 is 19.6 Å². The summed E-state index contributed by atoms with van der Waals surface area (Å²) in [7, 11) is 3.20. The number of nitrogens with zero attached hydrogens (tertiary/aromatic N) is 3. The zero-order chi connectivity index (χ0) is 21.2. The van der Waals surface area contributed by atoms with Gasteiger partial charge in [-0.05, 0) is 67.1 Å². The summed E-state index contributed by atoms with van der Waals surface area (Å²) in [6, 6.07) is 18.7. The van der Waals surface area contributed by atoms with Crippen molar-refractivity contribution in [3.05, 3.63) is 78.1 Å². The van der Waals surface area contributed by atoms with E-state index in [1.54, 1.807) is 26.6 Å². The molecule has 30 heavy (non-hydrogen) atoms. The van der Waals surface area contributed by atoms with Gasteiger partial charge in [0.25, 0.3) is 0 Å². The molecule has 1 aromatic heterocycles. The van der Waals surface area contributed by atoms with Crippen molar-refractivity contribution in [2.75, 3.05) is 20.8 Å². The summed E-state index contributed by atoms with van der Waals surface area (Å²) in [5, 5.41) is 4.33. The first-order valence-corrected chi connectivity index (χ1v) is 9.47. The molecule has 0 bridgehead atoms. The first kappa shape index (κ1) is 20.9. The third-order valence-corrected chi connectivity index (χ3v) is 4.09. The number of amidine groups is 1. The number of nitrogens with one attached hydrogen (secondary N) is 1. The Morgan fingerprint density at radius 2 is 1.80 bits per heavy atom. The fraction of sp³-hybridized carbons (Fsp3) is 0.174. The number of hydrogen-bond donors (Lipinski definition) is 1. The highest BCUT2D eigenvalue weighted by molar-refractivity contribution is 5.99. The van der Waals surface area contributed by atoms with E-state index in [0.717, 1.165) is 17.0 Å². The topological polar surface area (TPSA) is 77.3 Å². The van der Waals surface area contributed by atoms with E-state index in [4.69, 9.17) is 14.2 Å². The van der Waals surface area contributed by atoms with E-state index in [0.29, 0.717) is 29.6 Å². The van der Waals surface area contributed by atoms with E-state index in [-0.39, 0.29) is 0 Å². The van der Waals surface area contributed by atoms with Crippen molar-refractivity contribution in [1.82, 2.24) is 10.4 Å². The molecule has 154 valence electrons. The van der Waals surface area contributed by atoms with Crippen LogP contribution in [0.4, 0.5) is 5.69 Å². The minimum atomic E-state index is 0.525. The molecule has 0 unspecified atom stereocenters. The van der Waals surface area contributed by atoms with Gasteiger partial charge in [0, 0.05) is 6.20 Å². The summed E-state index contributed by atoms with van der Waals surface area (Å²) in [5.74, 6) is 2.62. The predicted octanol–water partition coefficient (Wildman–Crippen LogP) is 4.20. The standard InChI is InChI=1S/C23H24N4O3/c1-4-30-19-11-9-18(10-12-19)26-23(20-7-5-6-14-24-20)27-25-16-17-8-13-21(28-2)22(15-17)29-3/h5-16H,4H2,1-3H3,(H,26,27). The molecule has 3 aromatic rings. The van der Waals surface area contributed by atoms with Crippen molar-refractivity contribution >= 4 is 17.7 Å². The van der Waals surface area contributed by atoms with Crippen molar-refractivity contribution in [2.24, 2.45) is 10.1 Å². The van der Waals surface area contributed by atoms with E-state index in [2.05, 4.69) is 20.5 Å². The number of aliphatic imine (C=N–C) groups is 1. The van der Waals surface area contributed by atoms with E-state index in [1.807, 2.05) is 67.6 Å². The zero-order valence-corrected chi connectivity index (χ0v) is 17.2. The van der Waals surface area contributed by atoms with Crippen molar-refractivity contribution in [1.29, 1.82) is 0 Å². The molecule has 7 nitrogen and oxygen atoms in total. The second kappa shape index (κ2) is 10.6. The Labute approximate surface area is 176 Å². The summed E-state index contributed by atoms with van der Waals surface area (Å²) in [6.45, 7) is 2.57. The number of pyridine rings is 1. The summed E-state index contributed by atoms with van der Waals surface area (Å²) in [4.78, 5) is 9.02. The van der Waals surface area contributed by atoms with Crippen molar-refractivity contribution in [2.45, 2.75) is 6.92 Å². The van der Waals surface area contributed by atoms with E-state index < -0.39 is 0 Å². The van der Waals surface area contributed by atoms with Crippen molar-refractivity contribution < 1.29 is 14.2 Å². The van der Waals surface area contributed by atoms with Gasteiger partial charge in [0.05, 0.1) is 32.7 Å². The van der Waals surface area contributed by atoms with Crippen LogP contribution in [0.15, 0.2) is 77.0 Å². The normalized spacial score (nSPS) is 11.4. The first-order chi connectivity index (χ1) is 14.7. The number of benzene rings is 2. The number of hydrogen-bond acceptors (Lipinski definition) is 6. The first-order valence-electron chi connectivity index (χ1n) is 9.47. The Kier molecular flexibility index (Phi) is 7.38. The Morgan fingerprint density at radius 1 is 1.00 bits per heavy atom. The second-order valence-corrected chi connectivity index (χ2v) is 6.09. The number of hydrazone groups is 1. The van der Waals surface area contributed by atoms with Gasteiger partial charge in [-0.2, -0.15) is 5.10 Å². The van der Waals surface area contributed by atoms with Crippen LogP contribution >= 0.6 is 0 Å². The minimum Gasteiger partial charge on any atom is -0.494 e. The van der Waals surface area contributed by atoms with Crippen LogP contribution in [0, 0.1) is 0 Å². The molecule has 2 aromatic carbocycles.